The van der Waals surface area contributed by atoms with E-state index in [1.807, 2.05) is 18.5 Å². The lowest BCUT2D eigenvalue weighted by Gasteiger charge is -2.68. The van der Waals surface area contributed by atoms with E-state index in [1.165, 1.54) is 27.2 Å². The van der Waals surface area contributed by atoms with E-state index < -0.39 is 88.0 Å². The highest BCUT2D eigenvalue weighted by Crippen LogP contribution is 2.75. The van der Waals surface area contributed by atoms with Crippen molar-refractivity contribution in [2.75, 3.05) is 31.3 Å². The number of aliphatic hydroxyl groups excluding tert-OH is 4. The van der Waals surface area contributed by atoms with Crippen molar-refractivity contribution in [3.05, 3.63) is 76.8 Å². The van der Waals surface area contributed by atoms with Crippen molar-refractivity contribution in [3.8, 4) is 17.6 Å². The zero-order valence-corrected chi connectivity index (χ0v) is 53.3. The van der Waals surface area contributed by atoms with Crippen LogP contribution in [0.3, 0.4) is 0 Å². The number of aliphatic hydroxyl groups is 6. The summed E-state index contributed by atoms with van der Waals surface area (Å²) < 4.78 is 5.99. The third-order valence-corrected chi connectivity index (χ3v) is 26.9. The van der Waals surface area contributed by atoms with Gasteiger partial charge < -0.3 is 62.3 Å². The number of carbonyl (C=O) groups excluding carboxylic acids is 3. The Bertz CT molecular complexity index is 3010. The number of phenols is 1. The number of hydrogen-bond donors (Lipinski definition) is 11. The Labute approximate surface area is 522 Å². The van der Waals surface area contributed by atoms with Crippen LogP contribution in [0.2, 0.25) is 0 Å². The molecule has 13 N–H and O–H groups in total. The summed E-state index contributed by atoms with van der Waals surface area (Å²) in [6.45, 7) is 9.99. The minimum Gasteiger partial charge on any atom is -0.508 e. The van der Waals surface area contributed by atoms with Crippen molar-refractivity contribution in [1.82, 2.24) is 10.3 Å². The number of nitrogens with zero attached hydrogens (tertiary/aromatic N) is 1. The van der Waals surface area contributed by atoms with Gasteiger partial charge in [0.2, 0.25) is 0 Å². The summed E-state index contributed by atoms with van der Waals surface area (Å²) in [6.07, 6.45) is 11.0. The first-order valence-corrected chi connectivity index (χ1v) is 35.3. The maximum absolute atomic E-state index is 17.1. The molecular formula is C69H97N5O11S2. The molecule has 0 unspecified atom stereocenters. The lowest BCUT2D eigenvalue weighted by Crippen LogP contribution is -2.71. The number of ether oxygens (including phenoxy) is 1. The average molecular weight is 1240 g/mol. The Balaban J connectivity index is 1.11. The van der Waals surface area contributed by atoms with Crippen LogP contribution in [0.1, 0.15) is 167 Å². The maximum atomic E-state index is 17.1. The molecule has 476 valence electrons. The number of nitrogens with one attached hydrogen (secondary N) is 2. The first-order valence-electron chi connectivity index (χ1n) is 32.8. The van der Waals surface area contributed by atoms with Crippen LogP contribution < -0.4 is 16.8 Å². The number of Topliss-reactive ketones (excluding diaryl/α,β-unsaturated/α-hetero) is 2. The molecule has 4 saturated carbocycles. The summed E-state index contributed by atoms with van der Waals surface area (Å²) in [5, 5.41) is 92.4. The molecule has 1 aromatic carbocycles. The van der Waals surface area contributed by atoms with Crippen LogP contribution >= 0.6 is 21.6 Å². The fraction of sp³-hybridized carbons (Fsp3) is 0.710. The number of fused-ring (bicyclic) bond motifs is 10. The van der Waals surface area contributed by atoms with Gasteiger partial charge in [-0.2, -0.15) is 0 Å². The summed E-state index contributed by atoms with van der Waals surface area (Å²) >= 11 is 0. The molecule has 7 aliphatic carbocycles. The highest BCUT2D eigenvalue weighted by Gasteiger charge is 2.77. The van der Waals surface area contributed by atoms with Crippen molar-refractivity contribution >= 4 is 45.1 Å². The van der Waals surface area contributed by atoms with Crippen LogP contribution in [-0.2, 0) is 19.1 Å². The lowest BCUT2D eigenvalue weighted by molar-refractivity contribution is -0.213. The molecule has 9 aliphatic rings. The number of esters is 1. The van der Waals surface area contributed by atoms with Gasteiger partial charge in [-0.1, -0.05) is 98.2 Å². The van der Waals surface area contributed by atoms with Crippen LogP contribution in [0.5, 0.6) is 5.75 Å². The first-order chi connectivity index (χ1) is 41.5. The Morgan fingerprint density at radius 1 is 0.920 bits per heavy atom. The summed E-state index contributed by atoms with van der Waals surface area (Å²) in [5.41, 5.74) is 8.20. The molecule has 1 aromatic heterocycles. The van der Waals surface area contributed by atoms with Gasteiger partial charge in [0.25, 0.3) is 0 Å². The van der Waals surface area contributed by atoms with Crippen LogP contribution in [0.4, 0.5) is 0 Å². The number of aromatic amines is 1. The molecule has 2 saturated heterocycles. The summed E-state index contributed by atoms with van der Waals surface area (Å²) in [4.78, 5) is 53.9. The minimum atomic E-state index is -1.99. The van der Waals surface area contributed by atoms with Crippen molar-refractivity contribution in [1.29, 1.82) is 0 Å². The molecule has 2 aromatic rings. The topological polar surface area (TPSA) is 294 Å². The number of allylic oxidation sites excluding steroid dienone is 3. The maximum Gasteiger partial charge on any atom is 0.313 e. The van der Waals surface area contributed by atoms with E-state index in [-0.39, 0.29) is 129 Å². The Hall–Kier alpha value is -4.32. The number of nitrogens with two attached hydrogens (primary N) is 2. The van der Waals surface area contributed by atoms with Crippen LogP contribution in [0.25, 0.3) is 0 Å². The number of aromatic hydroxyl groups is 1. The number of rotatable bonds is 11. The standard InChI is InChI=1S/C69H97N5O11S2/c1-6-7-8-22-68-52-37-87-86-36-45(40-14-17-46(76)18-15-40)30-54(77)53(34-75)74-59(62(68)81)58-51(65(68,4)32-55(78)60(52)80)20-23-67(24-26-73-64(70)71)61-43(31-69(58,67)84)11-9-10-42(50-35-85-63(82)57(50)44-21-25-72-33-44)29-49-47(39(3)28-56(79)66(61,5)83)19-16-41-13-12-38(2)27-48(41)49/h14-18,21,25,33,38-39,42-43,45,47-53,55-57,60-61,72,74-76,78-80,83-84H,6-8,11-13,19-20,22-24,26-32,34-37H2,1-5H3,(H4,70,71,73)/t38-,39+,42+,43-,45+,47-,48-,49+,50-,51-,52+,53+,55-,56+,57+,60+,61+,65+,66-,67-,68-,69+/m0/s1. The number of H-pyrrole nitrogens is 1. The third-order valence-electron chi connectivity index (χ3n) is 24.4. The Kier molecular flexibility index (Phi) is 18.7. The van der Waals surface area contributed by atoms with E-state index >= 15 is 14.7 Å². The number of guanidine groups is 1. The molecular weight excluding hydrogens is 1140 g/mol. The molecule has 16 nitrogen and oxygen atoms in total. The fourth-order valence-corrected chi connectivity index (χ4v) is 23.0. The number of ketones is 2. The van der Waals surface area contributed by atoms with Gasteiger partial charge in [-0.25, -0.2) is 0 Å². The molecule has 0 amide bonds. The molecule has 0 radical (unpaired) electrons. The van der Waals surface area contributed by atoms with Gasteiger partial charge in [0.05, 0.1) is 54.3 Å². The Morgan fingerprint density at radius 3 is 2.41 bits per heavy atom. The predicted octanol–water partition coefficient (Wildman–Crippen LogP) is 8.19. The van der Waals surface area contributed by atoms with Gasteiger partial charge in [-0.3, -0.25) is 19.4 Å². The van der Waals surface area contributed by atoms with E-state index in [0.29, 0.717) is 48.2 Å². The van der Waals surface area contributed by atoms with Crippen LogP contribution in [0, 0.1) is 93.2 Å². The van der Waals surface area contributed by atoms with E-state index in [2.05, 4.69) is 60.9 Å². The number of aromatic nitrogens is 1. The summed E-state index contributed by atoms with van der Waals surface area (Å²) in [6, 6.07) is 7.37. The molecule has 2 aliphatic heterocycles. The zero-order chi connectivity index (χ0) is 62.0. The van der Waals surface area contributed by atoms with Crippen LogP contribution in [-0.4, -0.2) is 131 Å². The normalized spacial score (nSPS) is 43.2. The van der Waals surface area contributed by atoms with Crippen molar-refractivity contribution in [3.63, 3.8) is 0 Å². The number of phenolic OH excluding ortho intramolecular Hbond substituents is 1. The number of benzene rings is 1. The van der Waals surface area contributed by atoms with Gasteiger partial charge in [0.1, 0.15) is 11.8 Å². The second-order valence-electron chi connectivity index (χ2n) is 28.9. The van der Waals surface area contributed by atoms with Gasteiger partial charge in [0, 0.05) is 83.7 Å². The largest absolute Gasteiger partial charge is 0.508 e. The van der Waals surface area contributed by atoms with Crippen molar-refractivity contribution < 1.29 is 54.9 Å². The van der Waals surface area contributed by atoms with Crippen LogP contribution in [0.15, 0.2) is 70.6 Å². The number of aliphatic imine (C=N–C) groups is 1. The number of unbranched alkanes of at least 4 members (excludes halogenated alkanes) is 2. The monoisotopic (exact) mass is 1240 g/mol. The molecule has 11 rings (SSSR count). The third kappa shape index (κ3) is 11.1. The summed E-state index contributed by atoms with van der Waals surface area (Å²) in [5.74, 6) is 3.93. The average Bonchev–Trinajstić information content (AvgIpc) is 1.66. The molecule has 6 fully saturated rings. The van der Waals surface area contributed by atoms with Crippen molar-refractivity contribution in [2.45, 2.75) is 191 Å². The van der Waals surface area contributed by atoms with E-state index in [4.69, 9.17) is 16.2 Å². The number of carbonyl (C=O) groups is 3. The number of cyclic esters (lactones) is 1. The predicted molar refractivity (Wildman–Crippen MR) is 338 cm³/mol. The summed E-state index contributed by atoms with van der Waals surface area (Å²) in [7, 11) is 3.05. The van der Waals surface area contributed by atoms with E-state index in [9.17, 15) is 35.4 Å². The molecule has 2 bridgehead atoms. The minimum absolute atomic E-state index is 0.0161. The highest BCUT2D eigenvalue weighted by molar-refractivity contribution is 8.76. The molecule has 87 heavy (non-hydrogen) atoms. The fourth-order valence-electron chi connectivity index (χ4n) is 20.2. The van der Waals surface area contributed by atoms with Gasteiger partial charge in [-0.05, 0) is 166 Å². The second kappa shape index (κ2) is 25.4. The molecule has 18 heteroatoms. The van der Waals surface area contributed by atoms with Gasteiger partial charge >= 0.3 is 5.97 Å². The van der Waals surface area contributed by atoms with E-state index in [1.54, 1.807) is 31.2 Å². The van der Waals surface area contributed by atoms with Crippen molar-refractivity contribution in [2.24, 2.45) is 97.8 Å². The lowest BCUT2D eigenvalue weighted by atomic mass is 9.37. The quantitative estimate of drug-likeness (QED) is 0.0192. The van der Waals surface area contributed by atoms with E-state index in [0.717, 1.165) is 56.1 Å². The second-order valence-corrected chi connectivity index (χ2v) is 31.5. The smallest absolute Gasteiger partial charge is 0.313 e. The van der Waals surface area contributed by atoms with Gasteiger partial charge in [0.15, 0.2) is 17.5 Å². The number of hydrogen-bond acceptors (Lipinski definition) is 15. The SMILES string of the molecule is CCCCC[C@]12C(=O)C3=C4[C@H](CC[C@]5(CCN=C(N)N)[C@@H]6[C@@H](CC#C[C@@H]([C@@H]7COC(=O)[C@@H]7c7cc[nH]c7)C[C@@H]7[C@@H](CC=C8CC[C@H](C)C[C@@H]87)[C@H](C)C[C@@H](O)[C@]6(C)O)C[C@@]45O)[C@@]1(C)C[C@H](O)[C@H](O)[C@H]2CSSC[C@H](c1ccc(O)cc1)CC(=O)[C@@H](CO)N3. The highest BCUT2D eigenvalue weighted by atomic mass is 33.1. The molecule has 3 heterocycles. The molecule has 0 spiro atoms. The van der Waals surface area contributed by atoms with Gasteiger partial charge in [-0.15, -0.1) is 5.92 Å². The Morgan fingerprint density at radius 2 is 1.69 bits per heavy atom. The zero-order valence-electron chi connectivity index (χ0n) is 51.7. The molecule has 22 atom stereocenters. The first kappa shape index (κ1) is 64.2.